The molecule has 0 aromatic carbocycles. The second kappa shape index (κ2) is 9.96. The zero-order valence-corrected chi connectivity index (χ0v) is 7.93. The molecule has 0 amide bonds. The van der Waals surface area contributed by atoms with Crippen molar-refractivity contribution in [1.29, 1.82) is 0 Å². The summed E-state index contributed by atoms with van der Waals surface area (Å²) < 4.78 is 0. The van der Waals surface area contributed by atoms with Crippen LogP contribution in [0.15, 0.2) is 0 Å². The summed E-state index contributed by atoms with van der Waals surface area (Å²) in [6.45, 7) is 3.92. The lowest BCUT2D eigenvalue weighted by atomic mass is 10.1. The largest absolute Gasteiger partial charge is 0.300 e. The highest BCUT2D eigenvalue weighted by Crippen LogP contribution is 2.01. The Morgan fingerprint density at radius 2 is 1.62 bits per heavy atom. The maximum atomic E-state index is 11.0. The Hall–Kier alpha value is -0.128. The molecule has 1 radical (unpaired) electrons. The van der Waals surface area contributed by atoms with Crippen molar-refractivity contribution < 1.29 is 9.59 Å². The summed E-state index contributed by atoms with van der Waals surface area (Å²) in [4.78, 5) is 21.9. The Balaban J connectivity index is 0. The first-order chi connectivity index (χ1) is 5.70. The maximum Gasteiger partial charge on any atom is 0.187 e. The van der Waals surface area contributed by atoms with Crippen molar-refractivity contribution in [2.24, 2.45) is 0 Å². The van der Waals surface area contributed by atoms with Gasteiger partial charge in [-0.3, -0.25) is 9.59 Å². The zero-order valence-electron chi connectivity index (χ0n) is 7.93. The first-order valence-corrected chi connectivity index (χ1v) is 4.58. The average molecular weight is 199 g/mol. The Bertz CT molecular complexity index is 137. The first-order valence-electron chi connectivity index (χ1n) is 4.58. The van der Waals surface area contributed by atoms with Crippen molar-refractivity contribution >= 4 is 28.9 Å². The molecule has 0 aliphatic heterocycles. The fourth-order valence-electron chi connectivity index (χ4n) is 0.957. The van der Waals surface area contributed by atoms with Gasteiger partial charge in [0.25, 0.3) is 0 Å². The minimum atomic E-state index is 0. The van der Waals surface area contributed by atoms with E-state index in [2.05, 4.69) is 0 Å². The molecule has 0 saturated carbocycles. The van der Waals surface area contributed by atoms with E-state index < -0.39 is 0 Å². The van der Waals surface area contributed by atoms with Crippen LogP contribution >= 0.6 is 0 Å². The molecule has 0 heterocycles. The third kappa shape index (κ3) is 9.79. The number of carbonyl (C=O) groups excluding carboxylic acids is 2. The normalized spacial score (nSPS) is 9.08. The second-order valence-electron chi connectivity index (χ2n) is 2.91. The molecule has 0 N–H and O–H groups in total. The Labute approximate surface area is 91.2 Å². The van der Waals surface area contributed by atoms with Crippen LogP contribution in [-0.2, 0) is 9.59 Å². The van der Waals surface area contributed by atoms with Crippen molar-refractivity contribution in [2.75, 3.05) is 0 Å². The van der Waals surface area contributed by atoms with Crippen molar-refractivity contribution in [3.8, 4) is 0 Å². The first kappa shape index (κ1) is 15.3. The molecular formula is C10H20AlO2. The van der Waals surface area contributed by atoms with Gasteiger partial charge < -0.3 is 0 Å². The summed E-state index contributed by atoms with van der Waals surface area (Å²) in [5, 5.41) is 0. The van der Waals surface area contributed by atoms with E-state index in [4.69, 9.17) is 0 Å². The highest BCUT2D eigenvalue weighted by Gasteiger charge is 2.05. The van der Waals surface area contributed by atoms with Crippen LogP contribution in [0, 0.1) is 6.42 Å². The summed E-state index contributed by atoms with van der Waals surface area (Å²) in [6.07, 6.45) is 4.73. The quantitative estimate of drug-likeness (QED) is 0.576. The molecule has 0 aliphatic rings. The van der Waals surface area contributed by atoms with Crippen molar-refractivity contribution in [3.05, 3.63) is 6.42 Å². The van der Waals surface area contributed by atoms with Crippen LogP contribution < -0.4 is 0 Å². The molecule has 13 heavy (non-hydrogen) atoms. The second-order valence-corrected chi connectivity index (χ2v) is 2.91. The molecule has 0 spiro atoms. The summed E-state index contributed by atoms with van der Waals surface area (Å²) in [7, 11) is 0. The molecule has 0 rings (SSSR count). The summed E-state index contributed by atoms with van der Waals surface area (Å²) >= 11 is 0. The number of rotatable bonds is 7. The van der Waals surface area contributed by atoms with Gasteiger partial charge in [0.05, 0.1) is 0 Å². The van der Waals surface area contributed by atoms with Crippen LogP contribution in [0.25, 0.3) is 0 Å². The van der Waals surface area contributed by atoms with Gasteiger partial charge in [-0.1, -0.05) is 13.8 Å². The predicted octanol–water partition coefficient (Wildman–Crippen LogP) is 1.14. The Morgan fingerprint density at radius 1 is 1.08 bits per heavy atom. The van der Waals surface area contributed by atoms with Gasteiger partial charge in [-0.2, -0.15) is 0 Å². The van der Waals surface area contributed by atoms with Crippen molar-refractivity contribution in [3.63, 3.8) is 0 Å². The van der Waals surface area contributed by atoms with E-state index in [1.165, 1.54) is 6.42 Å². The number of hydrogen-bond acceptors (Lipinski definition) is 2. The topological polar surface area (TPSA) is 34.1 Å². The molecule has 3 heteroatoms. The fourth-order valence-corrected chi connectivity index (χ4v) is 0.957. The van der Waals surface area contributed by atoms with E-state index in [9.17, 15) is 9.59 Å². The smallest absolute Gasteiger partial charge is 0.187 e. The number of ketones is 2. The molecule has 0 fully saturated rings. The minimum absolute atomic E-state index is 0. The summed E-state index contributed by atoms with van der Waals surface area (Å²) in [5.41, 5.74) is 0. The number of hydrogen-bond donors (Lipinski definition) is 0. The van der Waals surface area contributed by atoms with E-state index in [-0.39, 0.29) is 28.9 Å². The van der Waals surface area contributed by atoms with Crippen LogP contribution in [0.4, 0.5) is 0 Å². The van der Waals surface area contributed by atoms with Crippen LogP contribution in [0.5, 0.6) is 0 Å². The van der Waals surface area contributed by atoms with Gasteiger partial charge in [0.1, 0.15) is 11.6 Å². The van der Waals surface area contributed by atoms with E-state index in [1.54, 1.807) is 0 Å². The van der Waals surface area contributed by atoms with E-state index >= 15 is 0 Å². The van der Waals surface area contributed by atoms with E-state index in [0.29, 0.717) is 19.3 Å². The Kier molecular flexibility index (Phi) is 11.8. The number of Topliss-reactive ketones (excluding diaryl/α,β-unsaturated/α-hetero) is 2. The number of carbonyl (C=O) groups is 2. The lowest BCUT2D eigenvalue weighted by Gasteiger charge is -1.97. The van der Waals surface area contributed by atoms with Gasteiger partial charge >= 0.3 is 0 Å². The molecule has 0 bridgehead atoms. The molecular weight excluding hydrogens is 179 g/mol. The molecule has 0 aliphatic carbocycles. The standard InChI is InChI=1S/C10H17O2.Al.3H/c1-3-5-9(11)7-8-10(12)6-4-2;;;;/h7H,3-6,8H2,1-2H3;;;;. The van der Waals surface area contributed by atoms with Gasteiger partial charge in [-0.05, 0) is 12.8 Å². The SMILES string of the molecule is CCCC(=O)[CH]CC(=O)CCC.[AlH3]. The lowest BCUT2D eigenvalue weighted by Crippen LogP contribution is -2.04. The van der Waals surface area contributed by atoms with Gasteiger partial charge in [0, 0.05) is 25.7 Å². The lowest BCUT2D eigenvalue weighted by molar-refractivity contribution is -0.121. The maximum absolute atomic E-state index is 11.0. The monoisotopic (exact) mass is 199 g/mol. The third-order valence-electron chi connectivity index (χ3n) is 1.58. The molecule has 0 aromatic rings. The summed E-state index contributed by atoms with van der Waals surface area (Å²) in [6, 6.07) is 0. The average Bonchev–Trinajstić information content (AvgIpc) is 2.02. The molecule has 2 nitrogen and oxygen atoms in total. The Morgan fingerprint density at radius 3 is 2.08 bits per heavy atom. The predicted molar refractivity (Wildman–Crippen MR) is 58.7 cm³/mol. The highest BCUT2D eigenvalue weighted by atomic mass is 27.0. The van der Waals surface area contributed by atoms with Gasteiger partial charge in [-0.25, -0.2) is 0 Å². The van der Waals surface area contributed by atoms with Crippen LogP contribution in [0.3, 0.4) is 0 Å². The van der Waals surface area contributed by atoms with Crippen LogP contribution in [-0.4, -0.2) is 28.9 Å². The van der Waals surface area contributed by atoms with Crippen molar-refractivity contribution in [1.82, 2.24) is 0 Å². The fraction of sp³-hybridized carbons (Fsp3) is 0.700. The minimum Gasteiger partial charge on any atom is -0.300 e. The third-order valence-corrected chi connectivity index (χ3v) is 1.58. The van der Waals surface area contributed by atoms with E-state index in [0.717, 1.165) is 12.8 Å². The molecule has 0 saturated heterocycles. The van der Waals surface area contributed by atoms with Crippen LogP contribution in [0.1, 0.15) is 46.0 Å². The molecule has 0 aromatic heterocycles. The van der Waals surface area contributed by atoms with Crippen LogP contribution in [0.2, 0.25) is 0 Å². The van der Waals surface area contributed by atoms with Crippen molar-refractivity contribution in [2.45, 2.75) is 46.0 Å². The highest BCUT2D eigenvalue weighted by molar-refractivity contribution is 5.92. The van der Waals surface area contributed by atoms with Gasteiger partial charge in [-0.15, -0.1) is 0 Å². The van der Waals surface area contributed by atoms with Gasteiger partial charge in [0.2, 0.25) is 0 Å². The molecule has 0 unspecified atom stereocenters. The molecule has 0 atom stereocenters. The summed E-state index contributed by atoms with van der Waals surface area (Å²) in [5.74, 6) is 0.268. The van der Waals surface area contributed by atoms with Gasteiger partial charge in [0.15, 0.2) is 17.4 Å². The molecule has 75 valence electrons. The van der Waals surface area contributed by atoms with E-state index in [1.807, 2.05) is 13.8 Å². The zero-order chi connectivity index (χ0) is 9.40.